The lowest BCUT2D eigenvalue weighted by molar-refractivity contribution is -0.385. The lowest BCUT2D eigenvalue weighted by atomic mass is 10.1. The molecule has 0 saturated carbocycles. The van der Waals surface area contributed by atoms with E-state index in [-0.39, 0.29) is 19.1 Å². The van der Waals surface area contributed by atoms with Crippen LogP contribution in [0.25, 0.3) is 6.08 Å². The van der Waals surface area contributed by atoms with E-state index < -0.39 is 16.7 Å². The summed E-state index contributed by atoms with van der Waals surface area (Å²) in [4.78, 5) is 34.6. The van der Waals surface area contributed by atoms with E-state index in [9.17, 15) is 19.7 Å². The molecule has 1 aliphatic heterocycles. The number of nitrogens with one attached hydrogen (secondary N) is 2. The summed E-state index contributed by atoms with van der Waals surface area (Å²) < 4.78 is 15.8. The van der Waals surface area contributed by atoms with Crippen molar-refractivity contribution < 1.29 is 28.4 Å². The third kappa shape index (κ3) is 4.18. The maximum atomic E-state index is 12.0. The number of hydrazine groups is 1. The van der Waals surface area contributed by atoms with Crippen molar-refractivity contribution in [3.63, 3.8) is 0 Å². The lowest BCUT2D eigenvalue weighted by Crippen LogP contribution is -2.40. The summed E-state index contributed by atoms with van der Waals surface area (Å²) in [5, 5.41) is 11.1. The van der Waals surface area contributed by atoms with E-state index in [1.165, 1.54) is 18.2 Å². The number of carbonyl (C=O) groups excluding carboxylic acids is 2. The second-order valence-corrected chi connectivity index (χ2v) is 5.99. The number of hydrogen-bond donors (Lipinski definition) is 2. The van der Waals surface area contributed by atoms with Crippen LogP contribution in [0, 0.1) is 24.0 Å². The molecule has 0 unspecified atom stereocenters. The molecule has 2 N–H and O–H groups in total. The van der Waals surface area contributed by atoms with Crippen LogP contribution in [0.3, 0.4) is 0 Å². The highest BCUT2D eigenvalue weighted by atomic mass is 16.7. The molecule has 2 heterocycles. The fourth-order valence-corrected chi connectivity index (χ4v) is 2.71. The number of amides is 2. The summed E-state index contributed by atoms with van der Waals surface area (Å²) in [5.74, 6) is 0.271. The second kappa shape index (κ2) is 7.92. The molecule has 0 radical (unpaired) electrons. The number of hydrogen-bond acceptors (Lipinski definition) is 7. The maximum absolute atomic E-state index is 12.0. The van der Waals surface area contributed by atoms with Crippen molar-refractivity contribution in [1.82, 2.24) is 10.9 Å². The van der Waals surface area contributed by atoms with Gasteiger partial charge in [-0.05, 0) is 26.0 Å². The molecule has 0 fully saturated rings. The number of nitrogens with zero attached hydrogens (tertiary/aromatic N) is 1. The Morgan fingerprint density at radius 2 is 2.00 bits per heavy atom. The normalized spacial score (nSPS) is 12.9. The molecule has 1 aromatic carbocycles. The molecule has 3 rings (SSSR count). The number of benzene rings is 1. The third-order valence-corrected chi connectivity index (χ3v) is 3.93. The van der Waals surface area contributed by atoms with Gasteiger partial charge in [-0.25, -0.2) is 0 Å². The van der Waals surface area contributed by atoms with Crippen molar-refractivity contribution >= 4 is 23.6 Å². The Kier molecular flexibility index (Phi) is 5.41. The van der Waals surface area contributed by atoms with Gasteiger partial charge < -0.3 is 13.9 Å². The van der Waals surface area contributed by atoms with Crippen LogP contribution < -0.4 is 15.6 Å². The lowest BCUT2D eigenvalue weighted by Gasteiger charge is -2.19. The summed E-state index contributed by atoms with van der Waals surface area (Å²) in [6.45, 7) is 3.53. The van der Waals surface area contributed by atoms with Crippen LogP contribution in [0.5, 0.6) is 5.75 Å². The van der Waals surface area contributed by atoms with E-state index in [4.69, 9.17) is 13.9 Å². The number of nitro groups is 1. The van der Waals surface area contributed by atoms with Crippen molar-refractivity contribution in [3.05, 3.63) is 62.6 Å². The number of ether oxygens (including phenoxy) is 2. The van der Waals surface area contributed by atoms with Gasteiger partial charge in [0.1, 0.15) is 17.3 Å². The van der Waals surface area contributed by atoms with Crippen molar-refractivity contribution in [2.24, 2.45) is 0 Å². The first kappa shape index (κ1) is 19.1. The molecule has 0 bridgehead atoms. The quantitative estimate of drug-likeness (QED) is 0.466. The zero-order valence-electron chi connectivity index (χ0n) is 15.1. The van der Waals surface area contributed by atoms with E-state index in [0.29, 0.717) is 34.0 Å². The summed E-state index contributed by atoms with van der Waals surface area (Å²) in [6, 6.07) is 4.22. The largest absolute Gasteiger partial charge is 0.467 e. The van der Waals surface area contributed by atoms with Crippen LogP contribution in [0.2, 0.25) is 0 Å². The Morgan fingerprint density at radius 3 is 2.68 bits per heavy atom. The molecule has 1 aromatic heterocycles. The summed E-state index contributed by atoms with van der Waals surface area (Å²) >= 11 is 0. The number of rotatable bonds is 4. The molecule has 0 atom stereocenters. The molecule has 1 aliphatic rings. The molecule has 10 heteroatoms. The van der Waals surface area contributed by atoms with Gasteiger partial charge in [0.05, 0.1) is 17.1 Å². The van der Waals surface area contributed by atoms with E-state index in [0.717, 1.165) is 6.08 Å². The first-order chi connectivity index (χ1) is 13.3. The fraction of sp³-hybridized carbons (Fsp3) is 0.222. The van der Waals surface area contributed by atoms with Crippen LogP contribution in [0.15, 0.2) is 28.7 Å². The Labute approximate surface area is 159 Å². The smallest absolute Gasteiger partial charge is 0.273 e. The first-order valence-corrected chi connectivity index (χ1v) is 8.22. The summed E-state index contributed by atoms with van der Waals surface area (Å²) in [7, 11) is 0. The van der Waals surface area contributed by atoms with Crippen LogP contribution in [0.4, 0.5) is 5.69 Å². The minimum absolute atomic E-state index is 0.0113. The number of non-ortho nitro benzene ring substituents is 1. The van der Waals surface area contributed by atoms with Gasteiger partial charge in [0.15, 0.2) is 6.79 Å². The average molecular weight is 387 g/mol. The number of carbonyl (C=O) groups is 2. The van der Waals surface area contributed by atoms with Gasteiger partial charge >= 0.3 is 0 Å². The van der Waals surface area contributed by atoms with Crippen LogP contribution >= 0.6 is 0 Å². The molecule has 0 spiro atoms. The molecular formula is C18H17N3O7. The number of aryl methyl sites for hydroxylation is 2. The fourth-order valence-electron chi connectivity index (χ4n) is 2.71. The SMILES string of the molecule is Cc1cc(C(=O)NNC(=O)/C=C/c2cc([N+](=O)[O-])cc3c2OCOC3)c(C)o1. The number of fused-ring (bicyclic) bond motifs is 1. The molecule has 2 amide bonds. The van der Waals surface area contributed by atoms with Gasteiger partial charge in [-0.1, -0.05) is 0 Å². The van der Waals surface area contributed by atoms with Gasteiger partial charge in [-0.15, -0.1) is 0 Å². The van der Waals surface area contributed by atoms with Gasteiger partial charge in [0.25, 0.3) is 17.5 Å². The predicted octanol–water partition coefficient (Wildman–Crippen LogP) is 2.15. The topological polar surface area (TPSA) is 133 Å². The summed E-state index contributed by atoms with van der Waals surface area (Å²) in [5.41, 5.74) is 5.54. The number of furan rings is 1. The van der Waals surface area contributed by atoms with Gasteiger partial charge in [0.2, 0.25) is 0 Å². The molecule has 0 aliphatic carbocycles. The third-order valence-electron chi connectivity index (χ3n) is 3.93. The van der Waals surface area contributed by atoms with E-state index >= 15 is 0 Å². The van der Waals surface area contributed by atoms with E-state index in [1.807, 2.05) is 0 Å². The number of nitro benzene ring substituents is 1. The Bertz CT molecular complexity index is 978. The van der Waals surface area contributed by atoms with Crippen molar-refractivity contribution in [3.8, 4) is 5.75 Å². The van der Waals surface area contributed by atoms with Crippen molar-refractivity contribution in [2.75, 3.05) is 6.79 Å². The minimum atomic E-state index is -0.626. The molecule has 10 nitrogen and oxygen atoms in total. The highest BCUT2D eigenvalue weighted by Gasteiger charge is 2.20. The second-order valence-electron chi connectivity index (χ2n) is 5.99. The zero-order chi connectivity index (χ0) is 20.3. The van der Waals surface area contributed by atoms with Crippen LogP contribution in [-0.2, 0) is 16.1 Å². The highest BCUT2D eigenvalue weighted by Crippen LogP contribution is 2.33. The van der Waals surface area contributed by atoms with Gasteiger partial charge in [-0.3, -0.25) is 30.6 Å². The molecule has 2 aromatic rings. The zero-order valence-corrected chi connectivity index (χ0v) is 15.1. The van der Waals surface area contributed by atoms with Gasteiger partial charge in [0, 0.05) is 29.3 Å². The summed E-state index contributed by atoms with van der Waals surface area (Å²) in [6.07, 6.45) is 2.50. The maximum Gasteiger partial charge on any atom is 0.273 e. The van der Waals surface area contributed by atoms with Crippen molar-refractivity contribution in [2.45, 2.75) is 20.5 Å². The van der Waals surface area contributed by atoms with Crippen LogP contribution in [-0.4, -0.2) is 23.5 Å². The average Bonchev–Trinajstić information content (AvgIpc) is 3.02. The van der Waals surface area contributed by atoms with E-state index in [1.54, 1.807) is 19.9 Å². The Hall–Kier alpha value is -3.66. The molecule has 146 valence electrons. The van der Waals surface area contributed by atoms with Gasteiger partial charge in [-0.2, -0.15) is 0 Å². The monoisotopic (exact) mass is 387 g/mol. The van der Waals surface area contributed by atoms with E-state index in [2.05, 4.69) is 10.9 Å². The van der Waals surface area contributed by atoms with Crippen molar-refractivity contribution in [1.29, 1.82) is 0 Å². The standard InChI is InChI=1S/C18H17N3O7/c1-10-5-15(11(2)28-10)18(23)20-19-16(22)4-3-12-6-14(21(24)25)7-13-8-26-9-27-17(12)13/h3-7H,8-9H2,1-2H3,(H,19,22)(H,20,23)/b4-3+. The molecular weight excluding hydrogens is 370 g/mol. The Balaban J connectivity index is 1.70. The minimum Gasteiger partial charge on any atom is -0.467 e. The molecule has 0 saturated heterocycles. The highest BCUT2D eigenvalue weighted by molar-refractivity contribution is 5.98. The predicted molar refractivity (Wildman–Crippen MR) is 96.2 cm³/mol. The Morgan fingerprint density at radius 1 is 1.21 bits per heavy atom. The first-order valence-electron chi connectivity index (χ1n) is 8.22. The molecule has 28 heavy (non-hydrogen) atoms. The van der Waals surface area contributed by atoms with Crippen LogP contribution in [0.1, 0.15) is 33.0 Å².